The van der Waals surface area contributed by atoms with Crippen molar-refractivity contribution in [3.8, 4) is 5.75 Å². The van der Waals surface area contributed by atoms with Gasteiger partial charge in [0, 0.05) is 12.1 Å². The molecular weight excluding hydrogens is 216 g/mol. The average molecular weight is 236 g/mol. The first-order chi connectivity index (χ1) is 8.13. The lowest BCUT2D eigenvalue weighted by Crippen LogP contribution is -2.34. The summed E-state index contributed by atoms with van der Waals surface area (Å²) in [5, 5.41) is 9.68. The van der Waals surface area contributed by atoms with E-state index in [-0.39, 0.29) is 18.2 Å². The number of hydrogen-bond donors (Lipinski definition) is 2. The normalized spacial score (nSPS) is 10.7. The van der Waals surface area contributed by atoms with Gasteiger partial charge in [-0.2, -0.15) is 0 Å². The van der Waals surface area contributed by atoms with Crippen LogP contribution in [0.3, 0.4) is 0 Å². The first-order valence-corrected chi connectivity index (χ1v) is 5.91. The van der Waals surface area contributed by atoms with Gasteiger partial charge >= 0.3 is 0 Å². The number of aromatic hydroxyl groups is 1. The molecule has 0 unspecified atom stereocenters. The highest BCUT2D eigenvalue weighted by Gasteiger charge is 2.10. The molecular formula is C13H20N2O2. The van der Waals surface area contributed by atoms with E-state index in [4.69, 9.17) is 5.73 Å². The predicted octanol–water partition coefficient (Wildman–Crippen LogP) is 1.48. The van der Waals surface area contributed by atoms with Crippen LogP contribution in [0.2, 0.25) is 0 Å². The summed E-state index contributed by atoms with van der Waals surface area (Å²) < 4.78 is 0. The van der Waals surface area contributed by atoms with Gasteiger partial charge in [0.1, 0.15) is 5.75 Å². The van der Waals surface area contributed by atoms with Crippen molar-refractivity contribution in [2.45, 2.75) is 26.3 Å². The van der Waals surface area contributed by atoms with Gasteiger partial charge in [-0.3, -0.25) is 9.69 Å². The molecule has 0 heterocycles. The Morgan fingerprint density at radius 1 is 1.41 bits per heavy atom. The Hall–Kier alpha value is -1.55. The number of rotatable bonds is 7. The van der Waals surface area contributed by atoms with E-state index >= 15 is 0 Å². The van der Waals surface area contributed by atoms with Crippen molar-refractivity contribution in [1.29, 1.82) is 0 Å². The highest BCUT2D eigenvalue weighted by molar-refractivity contribution is 5.75. The number of phenolic OH excluding ortho intramolecular Hbond substituents is 1. The minimum atomic E-state index is -0.337. The highest BCUT2D eigenvalue weighted by atomic mass is 16.3. The minimum Gasteiger partial charge on any atom is -0.508 e. The number of unbranched alkanes of at least 4 members (excludes halogenated alkanes) is 1. The van der Waals surface area contributed by atoms with Crippen LogP contribution in [0.4, 0.5) is 0 Å². The fraction of sp³-hybridized carbons (Fsp3) is 0.462. The summed E-state index contributed by atoms with van der Waals surface area (Å²) in [6, 6.07) is 7.16. The maximum absolute atomic E-state index is 11.0. The standard InChI is InChI=1S/C13H20N2O2/c1-2-3-8-15(10-13(14)17)9-11-6-4-5-7-12(11)16/h4-7,16H,2-3,8-10H2,1H3,(H2,14,17). The average Bonchev–Trinajstić information content (AvgIpc) is 2.28. The fourth-order valence-corrected chi connectivity index (χ4v) is 1.70. The number of nitrogens with two attached hydrogens (primary N) is 1. The first-order valence-electron chi connectivity index (χ1n) is 5.91. The van der Waals surface area contributed by atoms with E-state index in [9.17, 15) is 9.90 Å². The number of hydrogen-bond acceptors (Lipinski definition) is 3. The zero-order chi connectivity index (χ0) is 12.7. The van der Waals surface area contributed by atoms with Crippen LogP contribution in [-0.2, 0) is 11.3 Å². The number of para-hydroxylation sites is 1. The van der Waals surface area contributed by atoms with Gasteiger partial charge in [0.25, 0.3) is 0 Å². The van der Waals surface area contributed by atoms with Crippen molar-refractivity contribution in [1.82, 2.24) is 4.90 Å². The maximum Gasteiger partial charge on any atom is 0.231 e. The number of nitrogens with zero attached hydrogens (tertiary/aromatic N) is 1. The molecule has 0 aromatic heterocycles. The molecule has 1 aromatic rings. The van der Waals surface area contributed by atoms with Gasteiger partial charge in [0.2, 0.25) is 5.91 Å². The second-order valence-corrected chi connectivity index (χ2v) is 4.16. The second kappa shape index (κ2) is 6.91. The number of primary amides is 1. The molecule has 94 valence electrons. The van der Waals surface area contributed by atoms with Crippen LogP contribution >= 0.6 is 0 Å². The Morgan fingerprint density at radius 2 is 2.12 bits per heavy atom. The Balaban J connectivity index is 2.64. The van der Waals surface area contributed by atoms with Gasteiger partial charge in [-0.1, -0.05) is 31.5 Å². The summed E-state index contributed by atoms with van der Waals surface area (Å²) in [5.41, 5.74) is 6.04. The smallest absolute Gasteiger partial charge is 0.231 e. The van der Waals surface area contributed by atoms with Gasteiger partial charge in [0.05, 0.1) is 6.54 Å². The molecule has 0 bridgehead atoms. The molecule has 0 fully saturated rings. The SMILES string of the molecule is CCCCN(CC(N)=O)Cc1ccccc1O. The first kappa shape index (κ1) is 13.5. The molecule has 17 heavy (non-hydrogen) atoms. The topological polar surface area (TPSA) is 66.6 Å². The summed E-state index contributed by atoms with van der Waals surface area (Å²) in [4.78, 5) is 12.9. The molecule has 1 aromatic carbocycles. The molecule has 0 aliphatic rings. The molecule has 4 nitrogen and oxygen atoms in total. The fourth-order valence-electron chi connectivity index (χ4n) is 1.70. The largest absolute Gasteiger partial charge is 0.508 e. The molecule has 1 rings (SSSR count). The number of carbonyl (C=O) groups excluding carboxylic acids is 1. The van der Waals surface area contributed by atoms with E-state index in [0.29, 0.717) is 6.54 Å². The molecule has 0 spiro atoms. The van der Waals surface area contributed by atoms with Crippen molar-refractivity contribution >= 4 is 5.91 Å². The lowest BCUT2D eigenvalue weighted by atomic mass is 10.2. The Bertz CT molecular complexity index is 366. The lowest BCUT2D eigenvalue weighted by molar-refractivity contribution is -0.119. The van der Waals surface area contributed by atoms with Gasteiger partial charge in [0.15, 0.2) is 0 Å². The van der Waals surface area contributed by atoms with E-state index in [0.717, 1.165) is 24.9 Å². The highest BCUT2D eigenvalue weighted by Crippen LogP contribution is 2.17. The van der Waals surface area contributed by atoms with Gasteiger partial charge in [-0.25, -0.2) is 0 Å². The molecule has 4 heteroatoms. The van der Waals surface area contributed by atoms with Gasteiger partial charge < -0.3 is 10.8 Å². The van der Waals surface area contributed by atoms with Crippen LogP contribution in [-0.4, -0.2) is 29.0 Å². The third-order valence-corrected chi connectivity index (χ3v) is 2.59. The van der Waals surface area contributed by atoms with E-state index < -0.39 is 0 Å². The van der Waals surface area contributed by atoms with E-state index in [1.54, 1.807) is 12.1 Å². The van der Waals surface area contributed by atoms with Crippen LogP contribution in [0.15, 0.2) is 24.3 Å². The maximum atomic E-state index is 11.0. The van der Waals surface area contributed by atoms with Crippen molar-refractivity contribution in [2.75, 3.05) is 13.1 Å². The molecule has 3 N–H and O–H groups in total. The molecule has 0 atom stereocenters. The Kier molecular flexibility index (Phi) is 5.49. The number of phenols is 1. The Labute approximate surface area is 102 Å². The second-order valence-electron chi connectivity index (χ2n) is 4.16. The van der Waals surface area contributed by atoms with Crippen LogP contribution in [0, 0.1) is 0 Å². The molecule has 1 amide bonds. The van der Waals surface area contributed by atoms with Crippen molar-refractivity contribution in [3.05, 3.63) is 29.8 Å². The number of carbonyl (C=O) groups is 1. The summed E-state index contributed by atoms with van der Waals surface area (Å²) >= 11 is 0. The molecule has 0 aliphatic carbocycles. The molecule has 0 radical (unpaired) electrons. The summed E-state index contributed by atoms with van der Waals surface area (Å²) in [6.45, 7) is 3.69. The van der Waals surface area contributed by atoms with Crippen LogP contribution in [0.5, 0.6) is 5.75 Å². The zero-order valence-corrected chi connectivity index (χ0v) is 10.2. The molecule has 0 saturated carbocycles. The monoisotopic (exact) mass is 236 g/mol. The summed E-state index contributed by atoms with van der Waals surface area (Å²) in [7, 11) is 0. The van der Waals surface area contributed by atoms with Crippen LogP contribution in [0.1, 0.15) is 25.3 Å². The van der Waals surface area contributed by atoms with Gasteiger partial charge in [-0.05, 0) is 19.0 Å². The van der Waals surface area contributed by atoms with Crippen molar-refractivity contribution in [2.24, 2.45) is 5.73 Å². The van der Waals surface area contributed by atoms with Gasteiger partial charge in [-0.15, -0.1) is 0 Å². The third-order valence-electron chi connectivity index (χ3n) is 2.59. The van der Waals surface area contributed by atoms with Crippen LogP contribution < -0.4 is 5.73 Å². The molecule has 0 aliphatic heterocycles. The minimum absolute atomic E-state index is 0.230. The van der Waals surface area contributed by atoms with Crippen molar-refractivity contribution < 1.29 is 9.90 Å². The Morgan fingerprint density at radius 3 is 2.71 bits per heavy atom. The number of amides is 1. The van der Waals surface area contributed by atoms with Crippen LogP contribution in [0.25, 0.3) is 0 Å². The summed E-state index contributed by atoms with van der Waals surface area (Å²) in [5.74, 6) is -0.0741. The number of benzene rings is 1. The predicted molar refractivity (Wildman–Crippen MR) is 67.5 cm³/mol. The van der Waals surface area contributed by atoms with Crippen molar-refractivity contribution in [3.63, 3.8) is 0 Å². The zero-order valence-electron chi connectivity index (χ0n) is 10.2. The van der Waals surface area contributed by atoms with E-state index in [1.807, 2.05) is 17.0 Å². The molecule has 0 saturated heterocycles. The summed E-state index contributed by atoms with van der Waals surface area (Å²) in [6.07, 6.45) is 2.08. The van der Waals surface area contributed by atoms with E-state index in [1.165, 1.54) is 0 Å². The lowest BCUT2D eigenvalue weighted by Gasteiger charge is -2.20. The van der Waals surface area contributed by atoms with E-state index in [2.05, 4.69) is 6.92 Å². The third kappa shape index (κ3) is 4.87. The quantitative estimate of drug-likeness (QED) is 0.753.